The molecule has 0 saturated heterocycles. The number of hydrogen-bond acceptors (Lipinski definition) is 5. The molecule has 0 saturated carbocycles. The van der Waals surface area contributed by atoms with E-state index in [1.165, 1.54) is 6.33 Å². The molecule has 5 aromatic rings. The number of carbonyl (C=O) groups is 1. The van der Waals surface area contributed by atoms with Crippen LogP contribution in [0.4, 0.5) is 5.82 Å². The van der Waals surface area contributed by atoms with E-state index in [0.717, 1.165) is 10.2 Å². The number of amides is 1. The van der Waals surface area contributed by atoms with Gasteiger partial charge in [-0.2, -0.15) is 14.9 Å². The van der Waals surface area contributed by atoms with Gasteiger partial charge in [0, 0.05) is 15.6 Å². The zero-order chi connectivity index (χ0) is 23.1. The van der Waals surface area contributed by atoms with Crippen LogP contribution in [0.15, 0.2) is 65.5 Å². The normalized spacial score (nSPS) is 11.2. The number of nitrogens with zero attached hydrogens (tertiary/aromatic N) is 6. The largest absolute Gasteiger partial charge is 0.306 e. The van der Waals surface area contributed by atoms with Crippen molar-refractivity contribution in [2.75, 3.05) is 5.32 Å². The maximum absolute atomic E-state index is 12.9. The first-order chi connectivity index (χ1) is 15.9. The maximum Gasteiger partial charge on any atom is 0.258 e. The van der Waals surface area contributed by atoms with E-state index in [1.54, 1.807) is 52.0 Å². The molecule has 11 heteroatoms. The Bertz CT molecular complexity index is 1510. The average molecular weight is 543 g/mol. The van der Waals surface area contributed by atoms with Crippen molar-refractivity contribution >= 4 is 61.9 Å². The van der Waals surface area contributed by atoms with Crippen LogP contribution in [-0.2, 0) is 0 Å². The third kappa shape index (κ3) is 4.10. The van der Waals surface area contributed by atoms with Crippen molar-refractivity contribution in [1.29, 1.82) is 0 Å². The van der Waals surface area contributed by atoms with E-state index in [4.69, 9.17) is 23.2 Å². The van der Waals surface area contributed by atoms with Gasteiger partial charge in [0.25, 0.3) is 5.91 Å². The molecule has 0 unspecified atom stereocenters. The predicted octanol–water partition coefficient (Wildman–Crippen LogP) is 5.63. The average Bonchev–Trinajstić information content (AvgIpc) is 3.39. The van der Waals surface area contributed by atoms with E-state index < -0.39 is 0 Å². The minimum Gasteiger partial charge on any atom is -0.306 e. The van der Waals surface area contributed by atoms with Gasteiger partial charge in [0.2, 0.25) is 0 Å². The number of hydrogen-bond donors (Lipinski definition) is 1. The number of halogens is 3. The Morgan fingerprint density at radius 3 is 2.61 bits per heavy atom. The van der Waals surface area contributed by atoms with E-state index >= 15 is 0 Å². The van der Waals surface area contributed by atoms with Crippen LogP contribution in [0, 0.1) is 6.92 Å². The summed E-state index contributed by atoms with van der Waals surface area (Å²) in [7, 11) is 0. The van der Waals surface area contributed by atoms with Crippen molar-refractivity contribution < 1.29 is 4.79 Å². The summed E-state index contributed by atoms with van der Waals surface area (Å²) in [6, 6.07) is 14.1. The first kappa shape index (κ1) is 21.6. The van der Waals surface area contributed by atoms with Gasteiger partial charge in [0.1, 0.15) is 12.1 Å². The Labute approximate surface area is 206 Å². The minimum absolute atomic E-state index is 0.333. The smallest absolute Gasteiger partial charge is 0.258 e. The number of nitrogens with one attached hydrogen (secondary N) is 1. The number of rotatable bonds is 4. The molecule has 0 aliphatic rings. The fourth-order valence-corrected chi connectivity index (χ4v) is 4.07. The molecule has 5 rings (SSSR count). The molecule has 164 valence electrons. The summed E-state index contributed by atoms with van der Waals surface area (Å²) >= 11 is 15.6. The zero-order valence-electron chi connectivity index (χ0n) is 17.0. The Kier molecular flexibility index (Phi) is 5.61. The van der Waals surface area contributed by atoms with Crippen LogP contribution in [0.1, 0.15) is 16.1 Å². The maximum atomic E-state index is 12.9. The van der Waals surface area contributed by atoms with Gasteiger partial charge in [-0.15, -0.1) is 0 Å². The van der Waals surface area contributed by atoms with Crippen LogP contribution in [-0.4, -0.2) is 35.4 Å². The van der Waals surface area contributed by atoms with E-state index in [0.29, 0.717) is 44.0 Å². The molecule has 3 heterocycles. The third-order valence-electron chi connectivity index (χ3n) is 4.86. The highest BCUT2D eigenvalue weighted by molar-refractivity contribution is 9.10. The Morgan fingerprint density at radius 2 is 1.82 bits per heavy atom. The van der Waals surface area contributed by atoms with E-state index in [9.17, 15) is 4.79 Å². The third-order valence-corrected chi connectivity index (χ3v) is 5.94. The highest BCUT2D eigenvalue weighted by Crippen LogP contribution is 2.26. The molecular weight excluding hydrogens is 529 g/mol. The van der Waals surface area contributed by atoms with Gasteiger partial charge in [0.15, 0.2) is 11.5 Å². The summed E-state index contributed by atoms with van der Waals surface area (Å²) in [6.07, 6.45) is 3.09. The van der Waals surface area contributed by atoms with Crippen molar-refractivity contribution in [1.82, 2.24) is 29.5 Å². The molecule has 0 spiro atoms. The molecule has 0 radical (unpaired) electrons. The van der Waals surface area contributed by atoms with Crippen molar-refractivity contribution in [2.24, 2.45) is 0 Å². The molecule has 2 aromatic carbocycles. The van der Waals surface area contributed by atoms with Crippen LogP contribution in [0.2, 0.25) is 10.0 Å². The predicted molar refractivity (Wildman–Crippen MR) is 131 cm³/mol. The van der Waals surface area contributed by atoms with E-state index in [-0.39, 0.29) is 5.91 Å². The monoisotopic (exact) mass is 541 g/mol. The lowest BCUT2D eigenvalue weighted by Gasteiger charge is -2.10. The summed E-state index contributed by atoms with van der Waals surface area (Å²) < 4.78 is 3.98. The van der Waals surface area contributed by atoms with Crippen LogP contribution in [0.25, 0.3) is 22.5 Å². The van der Waals surface area contributed by atoms with E-state index in [1.807, 2.05) is 19.1 Å². The summed E-state index contributed by atoms with van der Waals surface area (Å²) in [4.78, 5) is 21.8. The van der Waals surface area contributed by atoms with Crippen molar-refractivity contribution in [3.8, 4) is 11.5 Å². The van der Waals surface area contributed by atoms with Crippen LogP contribution >= 0.6 is 39.1 Å². The standard InChI is InChI=1S/C22H14BrCl2N7O/c1-12-8-19(29-22(33)16-9-13(23)2-7-18(16)25)32(30-12)21-17-10-28-31(20(17)26-11-27-21)15-5-3-14(24)4-6-15/h2-11H,1H3,(H,29,33). The lowest BCUT2D eigenvalue weighted by Crippen LogP contribution is -2.16. The van der Waals surface area contributed by atoms with Gasteiger partial charge in [-0.3, -0.25) is 4.79 Å². The SMILES string of the molecule is Cc1cc(NC(=O)c2cc(Br)ccc2Cl)n(-c2ncnc3c2cnn3-c2ccc(Cl)cc2)n1. The molecule has 0 aliphatic heterocycles. The van der Waals surface area contributed by atoms with Gasteiger partial charge in [-0.25, -0.2) is 14.6 Å². The molecule has 0 aliphatic carbocycles. The number of aromatic nitrogens is 6. The van der Waals surface area contributed by atoms with Crippen molar-refractivity contribution in [3.63, 3.8) is 0 Å². The van der Waals surface area contributed by atoms with Gasteiger partial charge in [-0.1, -0.05) is 39.1 Å². The molecule has 1 N–H and O–H groups in total. The highest BCUT2D eigenvalue weighted by Gasteiger charge is 2.19. The zero-order valence-corrected chi connectivity index (χ0v) is 20.1. The number of benzene rings is 2. The second kappa shape index (κ2) is 8.58. The molecule has 3 aromatic heterocycles. The van der Waals surface area contributed by atoms with Gasteiger partial charge < -0.3 is 5.32 Å². The second-order valence-corrected chi connectivity index (χ2v) is 8.89. The Balaban J connectivity index is 1.57. The summed E-state index contributed by atoms with van der Waals surface area (Å²) in [5.41, 5.74) is 2.42. The Hall–Kier alpha value is -3.27. The first-order valence-corrected chi connectivity index (χ1v) is 11.2. The van der Waals surface area contributed by atoms with Crippen LogP contribution in [0.3, 0.4) is 0 Å². The first-order valence-electron chi connectivity index (χ1n) is 9.69. The molecule has 0 fully saturated rings. The fourth-order valence-electron chi connectivity index (χ4n) is 3.38. The number of carbonyl (C=O) groups excluding carboxylic acids is 1. The fraction of sp³-hybridized carbons (Fsp3) is 0.0455. The summed E-state index contributed by atoms with van der Waals surface area (Å²) in [5.74, 6) is 0.543. The molecular formula is C22H14BrCl2N7O. The topological polar surface area (TPSA) is 90.5 Å². The minimum atomic E-state index is -0.371. The summed E-state index contributed by atoms with van der Waals surface area (Å²) in [6.45, 7) is 1.83. The number of aryl methyl sites for hydroxylation is 1. The molecule has 0 bridgehead atoms. The van der Waals surface area contributed by atoms with Gasteiger partial charge in [0.05, 0.1) is 33.6 Å². The lowest BCUT2D eigenvalue weighted by atomic mass is 10.2. The van der Waals surface area contributed by atoms with Gasteiger partial charge in [-0.05, 0) is 49.4 Å². The highest BCUT2D eigenvalue weighted by atomic mass is 79.9. The van der Waals surface area contributed by atoms with Crippen LogP contribution < -0.4 is 5.32 Å². The number of fused-ring (bicyclic) bond motifs is 1. The number of anilines is 1. The van der Waals surface area contributed by atoms with Gasteiger partial charge >= 0.3 is 0 Å². The molecule has 33 heavy (non-hydrogen) atoms. The second-order valence-electron chi connectivity index (χ2n) is 7.13. The van der Waals surface area contributed by atoms with E-state index in [2.05, 4.69) is 41.4 Å². The lowest BCUT2D eigenvalue weighted by molar-refractivity contribution is 0.102. The quantitative estimate of drug-likeness (QED) is 0.318. The van der Waals surface area contributed by atoms with Crippen molar-refractivity contribution in [2.45, 2.75) is 6.92 Å². The molecule has 0 atom stereocenters. The van der Waals surface area contributed by atoms with Crippen LogP contribution in [0.5, 0.6) is 0 Å². The Morgan fingerprint density at radius 1 is 1.03 bits per heavy atom. The molecule has 1 amide bonds. The summed E-state index contributed by atoms with van der Waals surface area (Å²) in [5, 5.41) is 13.5. The van der Waals surface area contributed by atoms with Crippen molar-refractivity contribution in [3.05, 3.63) is 86.8 Å². The molecule has 8 nitrogen and oxygen atoms in total.